The van der Waals surface area contributed by atoms with Crippen LogP contribution in [0.25, 0.3) is 11.1 Å². The van der Waals surface area contributed by atoms with Gasteiger partial charge in [-0.05, 0) is 49.7 Å². The lowest BCUT2D eigenvalue weighted by Crippen LogP contribution is -2.18. The molecule has 7 heteroatoms. The Labute approximate surface area is 184 Å². The number of hydrogen-bond acceptors (Lipinski definition) is 5. The lowest BCUT2D eigenvalue weighted by molar-refractivity contribution is 0.0497. The van der Waals surface area contributed by atoms with Gasteiger partial charge < -0.3 is 14.5 Å². The number of carbonyl (C=O) groups is 2. The molecule has 1 N–H and O–H groups in total. The number of para-hydroxylation sites is 3. The molecule has 32 heavy (non-hydrogen) atoms. The summed E-state index contributed by atoms with van der Waals surface area (Å²) in [6.45, 7) is 2.38. The van der Waals surface area contributed by atoms with Crippen LogP contribution in [0.5, 0.6) is 0 Å². The fourth-order valence-corrected chi connectivity index (χ4v) is 3.44. The van der Waals surface area contributed by atoms with Crippen molar-refractivity contribution >= 4 is 28.7 Å². The van der Waals surface area contributed by atoms with Crippen molar-refractivity contribution in [2.24, 2.45) is 0 Å². The van der Waals surface area contributed by atoms with E-state index in [1.807, 2.05) is 19.1 Å². The number of rotatable bonds is 7. The fourth-order valence-electron chi connectivity index (χ4n) is 3.44. The van der Waals surface area contributed by atoms with Gasteiger partial charge >= 0.3 is 11.7 Å². The van der Waals surface area contributed by atoms with Gasteiger partial charge in [-0.25, -0.2) is 9.59 Å². The molecule has 0 unspecified atom stereocenters. The van der Waals surface area contributed by atoms with Crippen molar-refractivity contribution in [3.8, 4) is 0 Å². The first-order chi connectivity index (χ1) is 15.5. The summed E-state index contributed by atoms with van der Waals surface area (Å²) in [4.78, 5) is 37.2. The third kappa shape index (κ3) is 4.62. The zero-order chi connectivity index (χ0) is 22.5. The van der Waals surface area contributed by atoms with Crippen LogP contribution in [0.2, 0.25) is 0 Å². The molecule has 1 heterocycles. The number of ether oxygens (including phenoxy) is 1. The summed E-state index contributed by atoms with van der Waals surface area (Å²) in [5.41, 5.74) is 3.34. The number of aromatic nitrogens is 1. The highest BCUT2D eigenvalue weighted by molar-refractivity contribution is 6.08. The maximum absolute atomic E-state index is 12.6. The Kier molecular flexibility index (Phi) is 6.17. The zero-order valence-corrected chi connectivity index (χ0v) is 17.5. The van der Waals surface area contributed by atoms with Crippen LogP contribution in [0.15, 0.2) is 82.0 Å². The van der Waals surface area contributed by atoms with Crippen LogP contribution in [-0.4, -0.2) is 23.1 Å². The van der Waals surface area contributed by atoms with Crippen molar-refractivity contribution in [2.45, 2.75) is 19.9 Å². The lowest BCUT2D eigenvalue weighted by Gasteiger charge is -2.11. The van der Waals surface area contributed by atoms with E-state index in [9.17, 15) is 14.4 Å². The first kappa shape index (κ1) is 21.1. The number of oxazole rings is 1. The summed E-state index contributed by atoms with van der Waals surface area (Å²) in [5.74, 6) is -1.29. The molecule has 7 nitrogen and oxygen atoms in total. The molecule has 0 saturated heterocycles. The largest absolute Gasteiger partial charge is 0.462 e. The zero-order valence-electron chi connectivity index (χ0n) is 17.5. The predicted molar refractivity (Wildman–Crippen MR) is 121 cm³/mol. The Bertz CT molecular complexity index is 1340. The molecule has 0 aliphatic heterocycles. The van der Waals surface area contributed by atoms with E-state index < -0.39 is 11.7 Å². The molecule has 0 saturated carbocycles. The Balaban J connectivity index is 1.38. The van der Waals surface area contributed by atoms with Gasteiger partial charge in [-0.1, -0.05) is 42.0 Å². The van der Waals surface area contributed by atoms with Gasteiger partial charge in [-0.3, -0.25) is 9.36 Å². The highest BCUT2D eigenvalue weighted by Crippen LogP contribution is 2.18. The summed E-state index contributed by atoms with van der Waals surface area (Å²) in [6, 6.07) is 21.1. The van der Waals surface area contributed by atoms with Crippen molar-refractivity contribution in [1.29, 1.82) is 0 Å². The summed E-state index contributed by atoms with van der Waals surface area (Å²) in [5, 5.41) is 2.78. The van der Waals surface area contributed by atoms with Crippen LogP contribution >= 0.6 is 0 Å². The molecule has 4 rings (SSSR count). The van der Waals surface area contributed by atoms with E-state index in [0.29, 0.717) is 35.3 Å². The van der Waals surface area contributed by atoms with Crippen LogP contribution < -0.4 is 11.1 Å². The summed E-state index contributed by atoms with van der Waals surface area (Å²) < 4.78 is 12.1. The number of amides is 1. The SMILES string of the molecule is Cc1cccc(C(=O)Nc2ccccc2C(=O)OCCCn2c(=O)oc3ccccc32)c1. The number of anilines is 1. The molecule has 1 amide bonds. The standard InChI is InChI=1S/C25H22N2O5/c1-17-8-6-9-18(16-17)23(28)26-20-11-3-2-10-19(20)24(29)31-15-7-14-27-21-12-4-5-13-22(21)32-25(27)30/h2-6,8-13,16H,7,14-15H2,1H3,(H,26,28). The lowest BCUT2D eigenvalue weighted by atomic mass is 10.1. The molecule has 0 bridgehead atoms. The molecule has 1 aromatic heterocycles. The van der Waals surface area contributed by atoms with Crippen LogP contribution in [0.4, 0.5) is 5.69 Å². The number of fused-ring (bicyclic) bond motifs is 1. The number of nitrogens with zero attached hydrogens (tertiary/aromatic N) is 1. The van der Waals surface area contributed by atoms with Crippen LogP contribution in [0.3, 0.4) is 0 Å². The van der Waals surface area contributed by atoms with E-state index >= 15 is 0 Å². The fraction of sp³-hybridized carbons (Fsp3) is 0.160. The highest BCUT2D eigenvalue weighted by atomic mass is 16.5. The predicted octanol–water partition coefficient (Wildman–Crippen LogP) is 4.40. The number of benzene rings is 3. The third-order valence-corrected chi connectivity index (χ3v) is 5.01. The van der Waals surface area contributed by atoms with Gasteiger partial charge in [0.25, 0.3) is 5.91 Å². The third-order valence-electron chi connectivity index (χ3n) is 5.01. The minimum Gasteiger partial charge on any atom is -0.462 e. The van der Waals surface area contributed by atoms with E-state index in [1.54, 1.807) is 60.7 Å². The minimum absolute atomic E-state index is 0.116. The van der Waals surface area contributed by atoms with Gasteiger partial charge in [-0.15, -0.1) is 0 Å². The second-order valence-electron chi connectivity index (χ2n) is 7.35. The van der Waals surface area contributed by atoms with Crippen molar-refractivity contribution < 1.29 is 18.7 Å². The maximum Gasteiger partial charge on any atom is 0.419 e. The number of hydrogen-bond donors (Lipinski definition) is 1. The number of esters is 1. The van der Waals surface area contributed by atoms with Crippen molar-refractivity contribution in [1.82, 2.24) is 4.57 Å². The smallest absolute Gasteiger partial charge is 0.419 e. The van der Waals surface area contributed by atoms with Gasteiger partial charge in [0.05, 0.1) is 23.4 Å². The van der Waals surface area contributed by atoms with Gasteiger partial charge in [-0.2, -0.15) is 0 Å². The average molecular weight is 430 g/mol. The van der Waals surface area contributed by atoms with Gasteiger partial charge in [0.2, 0.25) is 0 Å². The Morgan fingerprint density at radius 3 is 2.62 bits per heavy atom. The van der Waals surface area contributed by atoms with E-state index in [-0.39, 0.29) is 18.1 Å². The topological polar surface area (TPSA) is 90.5 Å². The Morgan fingerprint density at radius 2 is 1.78 bits per heavy atom. The normalized spacial score (nSPS) is 10.8. The van der Waals surface area contributed by atoms with Gasteiger partial charge in [0.15, 0.2) is 5.58 Å². The summed E-state index contributed by atoms with van der Waals surface area (Å²) >= 11 is 0. The van der Waals surface area contributed by atoms with Crippen LogP contribution in [-0.2, 0) is 11.3 Å². The summed E-state index contributed by atoms with van der Waals surface area (Å²) in [6.07, 6.45) is 0.437. The second-order valence-corrected chi connectivity index (χ2v) is 7.35. The molecular formula is C25H22N2O5. The number of nitrogens with one attached hydrogen (secondary N) is 1. The van der Waals surface area contributed by atoms with Crippen molar-refractivity contribution in [3.05, 3.63) is 100 Å². The van der Waals surface area contributed by atoms with Gasteiger partial charge in [0.1, 0.15) is 0 Å². The molecule has 162 valence electrons. The van der Waals surface area contributed by atoms with Crippen LogP contribution in [0.1, 0.15) is 32.7 Å². The van der Waals surface area contributed by atoms with Crippen molar-refractivity contribution in [3.63, 3.8) is 0 Å². The first-order valence-corrected chi connectivity index (χ1v) is 10.3. The molecular weight excluding hydrogens is 408 g/mol. The molecule has 0 spiro atoms. The maximum atomic E-state index is 12.6. The molecule has 3 aromatic carbocycles. The monoisotopic (exact) mass is 430 g/mol. The van der Waals surface area contributed by atoms with E-state index in [2.05, 4.69) is 5.32 Å². The highest BCUT2D eigenvalue weighted by Gasteiger charge is 2.16. The second kappa shape index (κ2) is 9.34. The molecule has 0 aliphatic rings. The molecule has 4 aromatic rings. The van der Waals surface area contributed by atoms with Gasteiger partial charge in [0, 0.05) is 12.1 Å². The van der Waals surface area contributed by atoms with E-state index in [0.717, 1.165) is 5.56 Å². The van der Waals surface area contributed by atoms with Crippen LogP contribution in [0, 0.1) is 6.92 Å². The van der Waals surface area contributed by atoms with E-state index in [4.69, 9.17) is 9.15 Å². The Hall–Kier alpha value is -4.13. The van der Waals surface area contributed by atoms with E-state index in [1.165, 1.54) is 4.57 Å². The average Bonchev–Trinajstić information content (AvgIpc) is 3.12. The Morgan fingerprint density at radius 1 is 1.00 bits per heavy atom. The summed E-state index contributed by atoms with van der Waals surface area (Å²) in [7, 11) is 0. The molecule has 0 radical (unpaired) electrons. The quantitative estimate of drug-likeness (QED) is 0.347. The molecule has 0 atom stereocenters. The molecule has 0 aliphatic carbocycles. The minimum atomic E-state index is -0.547. The number of aryl methyl sites for hydroxylation is 2. The molecule has 0 fully saturated rings. The number of carbonyl (C=O) groups excluding carboxylic acids is 2. The van der Waals surface area contributed by atoms with Crippen molar-refractivity contribution in [2.75, 3.05) is 11.9 Å². The first-order valence-electron chi connectivity index (χ1n) is 10.3.